The number of carbonyl (C=O) groups excluding carboxylic acids is 1. The summed E-state index contributed by atoms with van der Waals surface area (Å²) in [6, 6.07) is 10.0. The van der Waals surface area contributed by atoms with Crippen molar-refractivity contribution < 1.29 is 14.7 Å². The molecule has 1 aliphatic rings. The average molecular weight is 375 g/mol. The van der Waals surface area contributed by atoms with Gasteiger partial charge in [-0.05, 0) is 29.8 Å². The lowest BCUT2D eigenvalue weighted by Gasteiger charge is -2.07. The Morgan fingerprint density at radius 1 is 1.25 bits per heavy atom. The van der Waals surface area contributed by atoms with Gasteiger partial charge in [0.1, 0.15) is 11.8 Å². The highest BCUT2D eigenvalue weighted by molar-refractivity contribution is 6.33. The summed E-state index contributed by atoms with van der Waals surface area (Å²) < 4.78 is 0. The predicted octanol–water partition coefficient (Wildman–Crippen LogP) is 1.43. The van der Waals surface area contributed by atoms with Crippen molar-refractivity contribution in [1.29, 1.82) is 0 Å². The van der Waals surface area contributed by atoms with Gasteiger partial charge in [-0.25, -0.2) is 5.43 Å². The topological polar surface area (TPSA) is 133 Å². The van der Waals surface area contributed by atoms with Crippen LogP contribution in [0.2, 0.25) is 0 Å². The van der Waals surface area contributed by atoms with Crippen molar-refractivity contribution in [2.24, 2.45) is 10.8 Å². The molecule has 0 saturated carbocycles. The minimum absolute atomic E-state index is 0.124. The van der Waals surface area contributed by atoms with Crippen molar-refractivity contribution in [2.75, 3.05) is 0 Å². The number of carbonyl (C=O) groups is 2. The monoisotopic (exact) mass is 375 g/mol. The molecule has 8 heteroatoms. The summed E-state index contributed by atoms with van der Waals surface area (Å²) >= 11 is 0. The number of hydrogen-bond donors (Lipinski definition) is 4. The van der Waals surface area contributed by atoms with Gasteiger partial charge in [0.25, 0.3) is 5.91 Å². The molecular formula is C20H17N5O3. The lowest BCUT2D eigenvalue weighted by atomic mass is 9.99. The van der Waals surface area contributed by atoms with Crippen LogP contribution in [0.1, 0.15) is 16.8 Å². The summed E-state index contributed by atoms with van der Waals surface area (Å²) in [5, 5.41) is 14.2. The number of aromatic nitrogens is 2. The molecule has 0 spiro atoms. The Kier molecular flexibility index (Phi) is 4.46. The number of pyridine rings is 1. The SMILES string of the molecule is NC(Cc1c(/C=C2\C(=O)NN=C2c2cccnc2)[nH]c2ccccc12)C(=O)O. The van der Waals surface area contributed by atoms with Crippen LogP contribution in [0, 0.1) is 0 Å². The highest BCUT2D eigenvalue weighted by Crippen LogP contribution is 2.27. The smallest absolute Gasteiger partial charge is 0.320 e. The minimum atomic E-state index is -1.08. The molecule has 0 saturated heterocycles. The molecule has 1 aromatic carbocycles. The van der Waals surface area contributed by atoms with Gasteiger partial charge in [-0.15, -0.1) is 0 Å². The van der Waals surface area contributed by atoms with Crippen LogP contribution >= 0.6 is 0 Å². The summed E-state index contributed by atoms with van der Waals surface area (Å²) in [6.45, 7) is 0. The summed E-state index contributed by atoms with van der Waals surface area (Å²) in [6.07, 6.45) is 5.07. The highest BCUT2D eigenvalue weighted by Gasteiger charge is 2.26. The average Bonchev–Trinajstić information content (AvgIpc) is 3.23. The quantitative estimate of drug-likeness (QED) is 0.501. The van der Waals surface area contributed by atoms with Crippen LogP contribution < -0.4 is 11.2 Å². The zero-order valence-corrected chi connectivity index (χ0v) is 14.7. The molecule has 0 fully saturated rings. The predicted molar refractivity (Wildman–Crippen MR) is 105 cm³/mol. The molecule has 0 aliphatic carbocycles. The fraction of sp³-hybridized carbons (Fsp3) is 0.100. The minimum Gasteiger partial charge on any atom is -0.480 e. The number of hydrogen-bond acceptors (Lipinski definition) is 5. The van der Waals surface area contributed by atoms with Gasteiger partial charge in [-0.1, -0.05) is 18.2 Å². The first-order chi connectivity index (χ1) is 13.5. The number of carboxylic acids is 1. The van der Waals surface area contributed by atoms with Crippen LogP contribution in [0.3, 0.4) is 0 Å². The second-order valence-electron chi connectivity index (χ2n) is 6.41. The second-order valence-corrected chi connectivity index (χ2v) is 6.41. The van der Waals surface area contributed by atoms with E-state index in [0.29, 0.717) is 22.5 Å². The van der Waals surface area contributed by atoms with E-state index in [1.54, 1.807) is 24.5 Å². The fourth-order valence-electron chi connectivity index (χ4n) is 3.21. The molecule has 140 valence electrons. The van der Waals surface area contributed by atoms with Crippen LogP contribution in [0.15, 0.2) is 59.5 Å². The number of hydrazone groups is 1. The van der Waals surface area contributed by atoms with E-state index in [4.69, 9.17) is 5.73 Å². The van der Waals surface area contributed by atoms with Crippen LogP contribution in [0.4, 0.5) is 0 Å². The van der Waals surface area contributed by atoms with Crippen molar-refractivity contribution in [3.05, 3.63) is 71.2 Å². The zero-order chi connectivity index (χ0) is 19.7. The summed E-state index contributed by atoms with van der Waals surface area (Å²) in [5.41, 5.74) is 12.0. The van der Waals surface area contributed by atoms with Crippen molar-refractivity contribution in [3.8, 4) is 0 Å². The van der Waals surface area contributed by atoms with Crippen molar-refractivity contribution >= 4 is 34.6 Å². The number of fused-ring (bicyclic) bond motifs is 1. The first-order valence-electron chi connectivity index (χ1n) is 8.63. The number of aromatic amines is 1. The molecule has 8 nitrogen and oxygen atoms in total. The first kappa shape index (κ1) is 17.6. The van der Waals surface area contributed by atoms with Gasteiger partial charge >= 0.3 is 5.97 Å². The molecule has 28 heavy (non-hydrogen) atoms. The normalized spacial score (nSPS) is 16.2. The van der Waals surface area contributed by atoms with Crippen LogP contribution in [0.25, 0.3) is 17.0 Å². The molecular weight excluding hydrogens is 358 g/mol. The van der Waals surface area contributed by atoms with Crippen molar-refractivity contribution in [2.45, 2.75) is 12.5 Å². The molecule has 2 aromatic heterocycles. The molecule has 0 bridgehead atoms. The standard InChI is InChI=1S/C20H17N5O3/c21-15(20(27)28)8-13-12-5-1-2-6-16(12)23-17(13)9-14-18(24-25-19(14)26)11-4-3-7-22-10-11/h1-7,9-10,15,23H,8,21H2,(H,25,26)(H,27,28)/b14-9-. The molecule has 3 aromatic rings. The Hall–Kier alpha value is -3.78. The summed E-state index contributed by atoms with van der Waals surface area (Å²) in [4.78, 5) is 31.0. The first-order valence-corrected chi connectivity index (χ1v) is 8.63. The number of nitrogens with zero attached hydrogens (tertiary/aromatic N) is 2. The fourth-order valence-corrected chi connectivity index (χ4v) is 3.21. The van der Waals surface area contributed by atoms with E-state index in [9.17, 15) is 14.7 Å². The Balaban J connectivity index is 1.83. The molecule has 5 N–H and O–H groups in total. The molecule has 0 radical (unpaired) electrons. The number of para-hydroxylation sites is 1. The maximum Gasteiger partial charge on any atom is 0.320 e. The summed E-state index contributed by atoms with van der Waals surface area (Å²) in [7, 11) is 0. The number of carboxylic acid groups (broad SMARTS) is 1. The lowest BCUT2D eigenvalue weighted by molar-refractivity contribution is -0.138. The van der Waals surface area contributed by atoms with Gasteiger partial charge in [0.05, 0.1) is 5.57 Å². The third-order valence-electron chi connectivity index (χ3n) is 4.58. The zero-order valence-electron chi connectivity index (χ0n) is 14.7. The third-order valence-corrected chi connectivity index (χ3v) is 4.58. The number of amides is 1. The van der Waals surface area contributed by atoms with Gasteiger partial charge in [-0.3, -0.25) is 14.6 Å². The van der Waals surface area contributed by atoms with Crippen molar-refractivity contribution in [1.82, 2.24) is 15.4 Å². The molecule has 1 unspecified atom stereocenters. The van der Waals surface area contributed by atoms with E-state index >= 15 is 0 Å². The third kappa shape index (κ3) is 3.17. The Labute approximate surface area is 159 Å². The Morgan fingerprint density at radius 2 is 2.07 bits per heavy atom. The van der Waals surface area contributed by atoms with Gasteiger partial charge in [0.2, 0.25) is 0 Å². The van der Waals surface area contributed by atoms with Crippen LogP contribution in [-0.2, 0) is 16.0 Å². The largest absolute Gasteiger partial charge is 0.480 e. The van der Waals surface area contributed by atoms with E-state index < -0.39 is 12.0 Å². The Bertz CT molecular complexity index is 1130. The number of rotatable bonds is 5. The number of benzene rings is 1. The number of nitrogens with one attached hydrogen (secondary N) is 2. The van der Waals surface area contributed by atoms with E-state index in [-0.39, 0.29) is 12.3 Å². The maximum atomic E-state index is 12.4. The Morgan fingerprint density at radius 3 is 2.82 bits per heavy atom. The lowest BCUT2D eigenvalue weighted by Crippen LogP contribution is -2.32. The van der Waals surface area contributed by atoms with E-state index in [2.05, 4.69) is 20.5 Å². The second kappa shape index (κ2) is 7.09. The van der Waals surface area contributed by atoms with Gasteiger partial charge in [-0.2, -0.15) is 5.10 Å². The number of nitrogens with two attached hydrogens (primary N) is 1. The molecule has 1 aliphatic heterocycles. The van der Waals surface area contributed by atoms with Gasteiger partial charge < -0.3 is 15.8 Å². The molecule has 1 atom stereocenters. The van der Waals surface area contributed by atoms with Gasteiger partial charge in [0, 0.05) is 41.0 Å². The molecule has 3 heterocycles. The van der Waals surface area contributed by atoms with Crippen LogP contribution in [0.5, 0.6) is 0 Å². The van der Waals surface area contributed by atoms with Crippen LogP contribution in [-0.4, -0.2) is 38.7 Å². The molecule has 4 rings (SSSR count). The van der Waals surface area contributed by atoms with E-state index in [0.717, 1.165) is 16.5 Å². The highest BCUT2D eigenvalue weighted by atomic mass is 16.4. The maximum absolute atomic E-state index is 12.4. The number of H-pyrrole nitrogens is 1. The summed E-state index contributed by atoms with van der Waals surface area (Å²) in [5.74, 6) is -1.42. The van der Waals surface area contributed by atoms with Crippen molar-refractivity contribution in [3.63, 3.8) is 0 Å². The van der Waals surface area contributed by atoms with E-state index in [1.165, 1.54) is 0 Å². The molecule has 1 amide bonds. The number of aliphatic carboxylic acids is 1. The van der Waals surface area contributed by atoms with Gasteiger partial charge in [0.15, 0.2) is 0 Å². The van der Waals surface area contributed by atoms with E-state index in [1.807, 2.05) is 30.3 Å².